The summed E-state index contributed by atoms with van der Waals surface area (Å²) in [6.45, 7) is 2.95. The topological polar surface area (TPSA) is 35.5 Å². The lowest BCUT2D eigenvalue weighted by molar-refractivity contribution is 0.112. The number of nitrogens with one attached hydrogen (secondary N) is 1. The molecule has 3 aliphatic rings. The molecule has 116 valence electrons. The van der Waals surface area contributed by atoms with Crippen LogP contribution < -0.4 is 5.32 Å². The third kappa shape index (κ3) is 3.55. The second-order valence-corrected chi connectivity index (χ2v) is 7.25. The van der Waals surface area contributed by atoms with Gasteiger partial charge in [0.15, 0.2) is 0 Å². The fourth-order valence-corrected chi connectivity index (χ4v) is 4.65. The average molecular weight is 280 g/mol. The number of likely N-dealkylation sites (tertiary alicyclic amines) is 1. The van der Waals surface area contributed by atoms with Gasteiger partial charge < -0.3 is 15.3 Å². The Hall–Kier alpha value is -0.120. The van der Waals surface area contributed by atoms with Crippen molar-refractivity contribution >= 4 is 0 Å². The summed E-state index contributed by atoms with van der Waals surface area (Å²) in [7, 11) is 0. The number of aliphatic hydroxyl groups excluding tert-OH is 1. The van der Waals surface area contributed by atoms with Gasteiger partial charge >= 0.3 is 0 Å². The van der Waals surface area contributed by atoms with Gasteiger partial charge in [-0.3, -0.25) is 0 Å². The molecular formula is C17H32N2O. The van der Waals surface area contributed by atoms with E-state index in [4.69, 9.17) is 0 Å². The summed E-state index contributed by atoms with van der Waals surface area (Å²) >= 11 is 0. The summed E-state index contributed by atoms with van der Waals surface area (Å²) in [5.74, 6) is 0.511. The van der Waals surface area contributed by atoms with Gasteiger partial charge in [0.1, 0.15) is 0 Å². The van der Waals surface area contributed by atoms with E-state index in [2.05, 4.69) is 10.2 Å². The summed E-state index contributed by atoms with van der Waals surface area (Å²) in [5.41, 5.74) is 0. The molecule has 1 saturated heterocycles. The van der Waals surface area contributed by atoms with Gasteiger partial charge in [-0.15, -0.1) is 0 Å². The van der Waals surface area contributed by atoms with Crippen LogP contribution in [0.5, 0.6) is 0 Å². The number of rotatable bonds is 4. The van der Waals surface area contributed by atoms with Gasteiger partial charge in [0.05, 0.1) is 0 Å². The summed E-state index contributed by atoms with van der Waals surface area (Å²) in [6, 6.07) is 2.18. The molecule has 0 bridgehead atoms. The Morgan fingerprint density at radius 3 is 2.20 bits per heavy atom. The molecule has 3 heteroatoms. The highest BCUT2D eigenvalue weighted by Crippen LogP contribution is 2.28. The first kappa shape index (κ1) is 14.8. The van der Waals surface area contributed by atoms with Gasteiger partial charge in [0, 0.05) is 24.7 Å². The van der Waals surface area contributed by atoms with Crippen LogP contribution in [0.3, 0.4) is 0 Å². The van der Waals surface area contributed by atoms with Crippen molar-refractivity contribution in [2.24, 2.45) is 5.92 Å². The van der Waals surface area contributed by atoms with E-state index in [-0.39, 0.29) is 0 Å². The first-order valence-corrected chi connectivity index (χ1v) is 8.98. The highest BCUT2D eigenvalue weighted by Gasteiger charge is 2.30. The van der Waals surface area contributed by atoms with Crippen LogP contribution >= 0.6 is 0 Å². The lowest BCUT2D eigenvalue weighted by Gasteiger charge is -2.40. The van der Waals surface area contributed by atoms with Crippen LogP contribution in [-0.4, -0.2) is 47.8 Å². The summed E-state index contributed by atoms with van der Waals surface area (Å²) < 4.78 is 0. The Morgan fingerprint density at radius 1 is 0.850 bits per heavy atom. The molecule has 2 atom stereocenters. The van der Waals surface area contributed by atoms with Crippen LogP contribution in [0.2, 0.25) is 0 Å². The van der Waals surface area contributed by atoms with Crippen molar-refractivity contribution < 1.29 is 5.11 Å². The zero-order valence-electron chi connectivity index (χ0n) is 12.9. The average Bonchev–Trinajstić information content (AvgIpc) is 3.03. The zero-order chi connectivity index (χ0) is 13.8. The van der Waals surface area contributed by atoms with E-state index in [1.165, 1.54) is 77.3 Å². The van der Waals surface area contributed by atoms with E-state index < -0.39 is 0 Å². The number of hydrogen-bond donors (Lipinski definition) is 2. The minimum absolute atomic E-state index is 0.374. The largest absolute Gasteiger partial charge is 0.396 e. The van der Waals surface area contributed by atoms with Crippen LogP contribution in [0.1, 0.15) is 64.2 Å². The molecule has 0 radical (unpaired) electrons. The lowest BCUT2D eigenvalue weighted by Crippen LogP contribution is -2.51. The first-order chi connectivity index (χ1) is 9.86. The Labute approximate surface area is 124 Å². The Kier molecular flexibility index (Phi) is 5.36. The van der Waals surface area contributed by atoms with Crippen molar-refractivity contribution in [1.82, 2.24) is 10.2 Å². The van der Waals surface area contributed by atoms with Crippen molar-refractivity contribution in [3.05, 3.63) is 0 Å². The first-order valence-electron chi connectivity index (χ1n) is 8.98. The maximum atomic E-state index is 9.53. The molecule has 3 fully saturated rings. The minimum Gasteiger partial charge on any atom is -0.396 e. The SMILES string of the molecule is OCC1CCCCC1NC1CCN(C2CCCC2)CC1. The van der Waals surface area contributed by atoms with Crippen LogP contribution in [0, 0.1) is 5.92 Å². The summed E-state index contributed by atoms with van der Waals surface area (Å²) in [4.78, 5) is 2.75. The molecule has 2 aliphatic carbocycles. The number of hydrogen-bond acceptors (Lipinski definition) is 3. The van der Waals surface area contributed by atoms with E-state index >= 15 is 0 Å². The third-order valence-electron chi connectivity index (χ3n) is 5.96. The van der Waals surface area contributed by atoms with Crippen molar-refractivity contribution in [1.29, 1.82) is 0 Å². The molecule has 0 aromatic rings. The molecule has 1 aliphatic heterocycles. The van der Waals surface area contributed by atoms with Crippen molar-refractivity contribution in [3.63, 3.8) is 0 Å². The van der Waals surface area contributed by atoms with Crippen LogP contribution in [0.25, 0.3) is 0 Å². The normalized spacial score (nSPS) is 34.6. The Bertz CT molecular complexity index is 283. The monoisotopic (exact) mass is 280 g/mol. The van der Waals surface area contributed by atoms with E-state index in [1.54, 1.807) is 0 Å². The highest BCUT2D eigenvalue weighted by molar-refractivity contribution is 4.88. The molecule has 2 saturated carbocycles. The lowest BCUT2D eigenvalue weighted by atomic mass is 9.84. The molecule has 3 nitrogen and oxygen atoms in total. The predicted octanol–water partition coefficient (Wildman–Crippen LogP) is 2.53. The van der Waals surface area contributed by atoms with Crippen LogP contribution in [0.4, 0.5) is 0 Å². The number of aliphatic hydroxyl groups is 1. The molecule has 2 N–H and O–H groups in total. The van der Waals surface area contributed by atoms with Gasteiger partial charge in [-0.25, -0.2) is 0 Å². The van der Waals surface area contributed by atoms with Gasteiger partial charge in [0.2, 0.25) is 0 Å². The third-order valence-corrected chi connectivity index (χ3v) is 5.96. The van der Waals surface area contributed by atoms with Crippen LogP contribution in [0.15, 0.2) is 0 Å². The summed E-state index contributed by atoms with van der Waals surface area (Å²) in [5, 5.41) is 13.4. The van der Waals surface area contributed by atoms with Crippen molar-refractivity contribution in [2.75, 3.05) is 19.7 Å². The Morgan fingerprint density at radius 2 is 1.50 bits per heavy atom. The molecule has 0 aromatic carbocycles. The maximum absolute atomic E-state index is 9.53. The fourth-order valence-electron chi connectivity index (χ4n) is 4.65. The van der Waals surface area contributed by atoms with Gasteiger partial charge in [-0.05, 0) is 57.5 Å². The van der Waals surface area contributed by atoms with E-state index in [0.29, 0.717) is 24.6 Å². The van der Waals surface area contributed by atoms with Gasteiger partial charge in [-0.2, -0.15) is 0 Å². The molecule has 20 heavy (non-hydrogen) atoms. The molecule has 3 rings (SSSR count). The zero-order valence-corrected chi connectivity index (χ0v) is 12.9. The van der Waals surface area contributed by atoms with E-state index in [9.17, 15) is 5.11 Å². The van der Waals surface area contributed by atoms with Gasteiger partial charge in [0.25, 0.3) is 0 Å². The number of piperidine rings is 1. The summed E-state index contributed by atoms with van der Waals surface area (Å²) in [6.07, 6.45) is 13.5. The molecule has 1 heterocycles. The van der Waals surface area contributed by atoms with E-state index in [1.807, 2.05) is 0 Å². The van der Waals surface area contributed by atoms with E-state index in [0.717, 1.165) is 6.04 Å². The maximum Gasteiger partial charge on any atom is 0.0474 e. The minimum atomic E-state index is 0.374. The van der Waals surface area contributed by atoms with Crippen molar-refractivity contribution in [2.45, 2.75) is 82.3 Å². The second-order valence-electron chi connectivity index (χ2n) is 7.25. The standard InChI is InChI=1S/C17H32N2O/c20-13-14-5-1-4-8-17(14)18-15-9-11-19(12-10-15)16-6-2-3-7-16/h14-18,20H,1-13H2. The van der Waals surface area contributed by atoms with Crippen molar-refractivity contribution in [3.8, 4) is 0 Å². The fraction of sp³-hybridized carbons (Fsp3) is 1.00. The Balaban J connectivity index is 1.43. The molecule has 0 amide bonds. The molecule has 0 spiro atoms. The smallest absolute Gasteiger partial charge is 0.0474 e. The molecular weight excluding hydrogens is 248 g/mol. The highest BCUT2D eigenvalue weighted by atomic mass is 16.3. The molecule has 0 aromatic heterocycles. The number of nitrogens with zero attached hydrogens (tertiary/aromatic N) is 1. The van der Waals surface area contributed by atoms with Crippen LogP contribution in [-0.2, 0) is 0 Å². The quantitative estimate of drug-likeness (QED) is 0.831. The predicted molar refractivity (Wildman–Crippen MR) is 82.8 cm³/mol. The molecule has 2 unspecified atom stereocenters. The second kappa shape index (κ2) is 7.24. The van der Waals surface area contributed by atoms with Gasteiger partial charge in [-0.1, -0.05) is 25.7 Å².